The standard InChI is InChI=1S/C23H19ClN2OS/c1-16(18-9-3-2-4-10-18)26-22(27)20-12-5-6-13-21(20)25-23(26)28-15-17-8-7-11-19(24)14-17/h2-14,16H,15H2,1H3/t16-/m0/s1. The van der Waals surface area contributed by atoms with Gasteiger partial charge >= 0.3 is 0 Å². The summed E-state index contributed by atoms with van der Waals surface area (Å²) in [5.74, 6) is 0.687. The molecule has 3 aromatic carbocycles. The zero-order chi connectivity index (χ0) is 19.5. The molecule has 0 aliphatic rings. The van der Waals surface area contributed by atoms with E-state index in [4.69, 9.17) is 16.6 Å². The van der Waals surface area contributed by atoms with Gasteiger partial charge in [0.1, 0.15) is 0 Å². The minimum Gasteiger partial charge on any atom is -0.280 e. The number of benzene rings is 3. The molecular weight excluding hydrogens is 388 g/mol. The van der Waals surface area contributed by atoms with E-state index in [9.17, 15) is 4.79 Å². The maximum absolute atomic E-state index is 13.3. The second-order valence-corrected chi connectivity index (χ2v) is 7.97. The van der Waals surface area contributed by atoms with Crippen molar-refractivity contribution in [2.45, 2.75) is 23.9 Å². The third-order valence-electron chi connectivity index (χ3n) is 4.70. The van der Waals surface area contributed by atoms with Crippen molar-refractivity contribution in [2.75, 3.05) is 0 Å². The minimum atomic E-state index is -0.118. The van der Waals surface area contributed by atoms with E-state index in [-0.39, 0.29) is 11.6 Å². The Morgan fingerprint density at radius 3 is 2.54 bits per heavy atom. The predicted molar refractivity (Wildman–Crippen MR) is 117 cm³/mol. The molecule has 0 N–H and O–H groups in total. The van der Waals surface area contributed by atoms with Crippen molar-refractivity contribution in [1.29, 1.82) is 0 Å². The van der Waals surface area contributed by atoms with Crippen LogP contribution in [0.15, 0.2) is 88.8 Å². The average molecular weight is 407 g/mol. The van der Waals surface area contributed by atoms with Crippen molar-refractivity contribution in [1.82, 2.24) is 9.55 Å². The molecule has 0 radical (unpaired) electrons. The van der Waals surface area contributed by atoms with Gasteiger partial charge in [0.25, 0.3) is 5.56 Å². The summed E-state index contributed by atoms with van der Waals surface area (Å²) in [5, 5.41) is 2.05. The van der Waals surface area contributed by atoms with Gasteiger partial charge in [0.05, 0.1) is 16.9 Å². The van der Waals surface area contributed by atoms with Crippen LogP contribution in [0.3, 0.4) is 0 Å². The Bertz CT molecular complexity index is 1170. The average Bonchev–Trinajstić information content (AvgIpc) is 2.73. The Kier molecular flexibility index (Phi) is 5.51. The number of hydrogen-bond donors (Lipinski definition) is 0. The Morgan fingerprint density at radius 1 is 1.00 bits per heavy atom. The molecule has 3 nitrogen and oxygen atoms in total. The zero-order valence-corrected chi connectivity index (χ0v) is 17.0. The Balaban J connectivity index is 1.80. The lowest BCUT2D eigenvalue weighted by Crippen LogP contribution is -2.27. The smallest absolute Gasteiger partial charge is 0.262 e. The van der Waals surface area contributed by atoms with Crippen LogP contribution in [-0.2, 0) is 5.75 Å². The van der Waals surface area contributed by atoms with Crippen molar-refractivity contribution in [3.63, 3.8) is 0 Å². The lowest BCUT2D eigenvalue weighted by molar-refractivity contribution is 0.548. The van der Waals surface area contributed by atoms with Crippen molar-refractivity contribution < 1.29 is 0 Å². The number of para-hydroxylation sites is 1. The second-order valence-electron chi connectivity index (χ2n) is 6.59. The summed E-state index contributed by atoms with van der Waals surface area (Å²) in [6, 6.07) is 25.2. The van der Waals surface area contributed by atoms with Gasteiger partial charge in [-0.1, -0.05) is 78.0 Å². The minimum absolute atomic E-state index is 0.0180. The Hall–Kier alpha value is -2.56. The van der Waals surface area contributed by atoms with Crippen LogP contribution in [0.25, 0.3) is 10.9 Å². The van der Waals surface area contributed by atoms with E-state index < -0.39 is 0 Å². The molecule has 0 amide bonds. The van der Waals surface area contributed by atoms with Gasteiger partial charge in [-0.05, 0) is 42.3 Å². The molecule has 0 fully saturated rings. The fraction of sp³-hybridized carbons (Fsp3) is 0.130. The van der Waals surface area contributed by atoms with Crippen molar-refractivity contribution >= 4 is 34.3 Å². The molecule has 4 aromatic rings. The third kappa shape index (κ3) is 3.84. The van der Waals surface area contributed by atoms with Crippen LogP contribution in [0.4, 0.5) is 0 Å². The first-order valence-electron chi connectivity index (χ1n) is 9.07. The molecule has 1 aromatic heterocycles. The molecule has 0 unspecified atom stereocenters. The van der Waals surface area contributed by atoms with Crippen LogP contribution in [0.5, 0.6) is 0 Å². The molecule has 5 heteroatoms. The molecule has 0 aliphatic heterocycles. The number of nitrogens with zero attached hydrogens (tertiary/aromatic N) is 2. The summed E-state index contributed by atoms with van der Waals surface area (Å²) >= 11 is 7.67. The van der Waals surface area contributed by atoms with Gasteiger partial charge in [0, 0.05) is 10.8 Å². The van der Waals surface area contributed by atoms with Crippen LogP contribution < -0.4 is 5.56 Å². The van der Waals surface area contributed by atoms with E-state index in [2.05, 4.69) is 0 Å². The maximum Gasteiger partial charge on any atom is 0.262 e. The van der Waals surface area contributed by atoms with E-state index in [1.165, 1.54) is 0 Å². The normalized spacial score (nSPS) is 12.2. The number of rotatable bonds is 5. The van der Waals surface area contributed by atoms with Gasteiger partial charge in [0.15, 0.2) is 5.16 Å². The first-order valence-corrected chi connectivity index (χ1v) is 10.4. The molecule has 0 saturated heterocycles. The molecular formula is C23H19ClN2OS. The number of aromatic nitrogens is 2. The summed E-state index contributed by atoms with van der Waals surface area (Å²) in [6.45, 7) is 2.04. The molecule has 0 spiro atoms. The fourth-order valence-corrected chi connectivity index (χ4v) is 4.46. The third-order valence-corrected chi connectivity index (χ3v) is 5.96. The van der Waals surface area contributed by atoms with Gasteiger partial charge in [-0.25, -0.2) is 4.98 Å². The first-order chi connectivity index (χ1) is 13.6. The Morgan fingerprint density at radius 2 is 1.75 bits per heavy atom. The van der Waals surface area contributed by atoms with Crippen LogP contribution in [-0.4, -0.2) is 9.55 Å². The topological polar surface area (TPSA) is 34.9 Å². The van der Waals surface area contributed by atoms with Crippen LogP contribution in [0, 0.1) is 0 Å². The second kappa shape index (κ2) is 8.21. The molecule has 1 heterocycles. The number of thioether (sulfide) groups is 1. The maximum atomic E-state index is 13.3. The van der Waals surface area contributed by atoms with E-state index in [1.54, 1.807) is 16.3 Å². The van der Waals surface area contributed by atoms with Crippen LogP contribution >= 0.6 is 23.4 Å². The van der Waals surface area contributed by atoms with E-state index in [0.29, 0.717) is 21.3 Å². The number of halogens is 1. The fourth-order valence-electron chi connectivity index (χ4n) is 3.22. The number of fused-ring (bicyclic) bond motifs is 1. The van der Waals surface area contributed by atoms with Crippen molar-refractivity contribution in [3.8, 4) is 0 Å². The highest BCUT2D eigenvalue weighted by Crippen LogP contribution is 2.27. The largest absolute Gasteiger partial charge is 0.280 e. The molecule has 140 valence electrons. The van der Waals surface area contributed by atoms with Gasteiger partial charge in [-0.2, -0.15) is 0 Å². The lowest BCUT2D eigenvalue weighted by Gasteiger charge is -2.20. The molecule has 1 atom stereocenters. The van der Waals surface area contributed by atoms with E-state index in [1.807, 2.05) is 85.8 Å². The van der Waals surface area contributed by atoms with Crippen molar-refractivity contribution in [2.24, 2.45) is 0 Å². The molecule has 4 rings (SSSR count). The number of hydrogen-bond acceptors (Lipinski definition) is 3. The summed E-state index contributed by atoms with van der Waals surface area (Å²) < 4.78 is 1.80. The highest BCUT2D eigenvalue weighted by Gasteiger charge is 2.18. The van der Waals surface area contributed by atoms with E-state index in [0.717, 1.165) is 16.6 Å². The molecule has 28 heavy (non-hydrogen) atoms. The molecule has 0 aliphatic carbocycles. The van der Waals surface area contributed by atoms with Crippen molar-refractivity contribution in [3.05, 3.63) is 105 Å². The summed E-state index contributed by atoms with van der Waals surface area (Å²) in [4.78, 5) is 18.1. The first kappa shape index (κ1) is 18.8. The zero-order valence-electron chi connectivity index (χ0n) is 15.4. The van der Waals surface area contributed by atoms with Gasteiger partial charge in [-0.3, -0.25) is 9.36 Å². The Labute approximate surface area is 173 Å². The predicted octanol–water partition coefficient (Wildman–Crippen LogP) is 5.95. The van der Waals surface area contributed by atoms with Gasteiger partial charge in [0.2, 0.25) is 0 Å². The van der Waals surface area contributed by atoms with Crippen LogP contribution in [0.1, 0.15) is 24.1 Å². The highest BCUT2D eigenvalue weighted by atomic mass is 35.5. The monoisotopic (exact) mass is 406 g/mol. The van der Waals surface area contributed by atoms with Gasteiger partial charge < -0.3 is 0 Å². The lowest BCUT2D eigenvalue weighted by atomic mass is 10.1. The molecule has 0 saturated carbocycles. The van der Waals surface area contributed by atoms with E-state index >= 15 is 0 Å². The van der Waals surface area contributed by atoms with Crippen LogP contribution in [0.2, 0.25) is 5.02 Å². The SMILES string of the molecule is C[C@@H](c1ccccc1)n1c(SCc2cccc(Cl)c2)nc2ccccc2c1=O. The summed E-state index contributed by atoms with van der Waals surface area (Å²) in [7, 11) is 0. The molecule has 0 bridgehead atoms. The highest BCUT2D eigenvalue weighted by molar-refractivity contribution is 7.98. The van der Waals surface area contributed by atoms with Gasteiger partial charge in [-0.15, -0.1) is 0 Å². The quantitative estimate of drug-likeness (QED) is 0.303. The summed E-state index contributed by atoms with van der Waals surface area (Å²) in [6.07, 6.45) is 0. The summed E-state index contributed by atoms with van der Waals surface area (Å²) in [5.41, 5.74) is 2.87.